The molecule has 2 aliphatic rings. The summed E-state index contributed by atoms with van der Waals surface area (Å²) in [6.45, 7) is 7.43. The number of likely N-dealkylation sites (tertiary alicyclic amines) is 1. The fourth-order valence-electron chi connectivity index (χ4n) is 3.97. The topological polar surface area (TPSA) is 61.9 Å². The fraction of sp³-hybridized carbons (Fsp3) is 0.417. The van der Waals surface area contributed by atoms with Gasteiger partial charge in [0.1, 0.15) is 0 Å². The van der Waals surface area contributed by atoms with Crippen molar-refractivity contribution in [2.24, 2.45) is 5.92 Å². The fourth-order valence-corrected chi connectivity index (χ4v) is 3.97. The summed E-state index contributed by atoms with van der Waals surface area (Å²) in [5.41, 5.74) is 4.27. The van der Waals surface area contributed by atoms with Gasteiger partial charge in [-0.15, -0.1) is 0 Å². The lowest BCUT2D eigenvalue weighted by molar-refractivity contribution is -0.128. The lowest BCUT2D eigenvalue weighted by Crippen LogP contribution is -2.35. The Morgan fingerprint density at radius 1 is 1.00 bits per heavy atom. The lowest BCUT2D eigenvalue weighted by Gasteiger charge is -2.26. The Bertz CT molecular complexity index is 874. The number of carbonyl (C=O) groups excluding carboxylic acids is 2. The normalized spacial score (nSPS) is 19.8. The smallest absolute Gasteiger partial charge is 0.229 e. The summed E-state index contributed by atoms with van der Waals surface area (Å²) in [4.78, 5) is 29.2. The van der Waals surface area contributed by atoms with Crippen molar-refractivity contribution in [2.45, 2.75) is 26.4 Å². The molecule has 0 saturated carbocycles. The SMILES string of the molecule is Cc1ccc(CN2CC(C(=O)Nc3ccc(CN4CCOCC4)cc3)CC2=O)cc1. The van der Waals surface area contributed by atoms with Crippen molar-refractivity contribution in [3.63, 3.8) is 0 Å². The Morgan fingerprint density at radius 3 is 2.33 bits per heavy atom. The molecule has 158 valence electrons. The monoisotopic (exact) mass is 407 g/mol. The van der Waals surface area contributed by atoms with Gasteiger partial charge in [-0.05, 0) is 30.2 Å². The predicted octanol–water partition coefficient (Wildman–Crippen LogP) is 2.81. The summed E-state index contributed by atoms with van der Waals surface area (Å²) in [5, 5.41) is 2.98. The standard InChI is InChI=1S/C24H29N3O3/c1-18-2-4-20(5-3-18)16-27-17-21(14-23(27)28)24(29)25-22-8-6-19(7-9-22)15-26-10-12-30-13-11-26/h2-9,21H,10-17H2,1H3,(H,25,29). The molecule has 30 heavy (non-hydrogen) atoms. The second-order valence-corrected chi connectivity index (χ2v) is 8.24. The van der Waals surface area contributed by atoms with Gasteiger partial charge in [0.2, 0.25) is 11.8 Å². The highest BCUT2D eigenvalue weighted by Crippen LogP contribution is 2.22. The molecule has 2 saturated heterocycles. The van der Waals surface area contributed by atoms with Crippen molar-refractivity contribution in [1.82, 2.24) is 9.80 Å². The number of nitrogens with one attached hydrogen (secondary N) is 1. The number of ether oxygens (including phenoxy) is 1. The van der Waals surface area contributed by atoms with Gasteiger partial charge in [-0.1, -0.05) is 42.0 Å². The number of anilines is 1. The van der Waals surface area contributed by atoms with E-state index in [9.17, 15) is 9.59 Å². The summed E-state index contributed by atoms with van der Waals surface area (Å²) in [6.07, 6.45) is 0.271. The average Bonchev–Trinajstić information content (AvgIpc) is 3.12. The second-order valence-electron chi connectivity index (χ2n) is 8.24. The summed E-state index contributed by atoms with van der Waals surface area (Å²) >= 11 is 0. The van der Waals surface area contributed by atoms with Crippen molar-refractivity contribution in [1.29, 1.82) is 0 Å². The first-order valence-electron chi connectivity index (χ1n) is 10.6. The van der Waals surface area contributed by atoms with Crippen LogP contribution in [0.4, 0.5) is 5.69 Å². The van der Waals surface area contributed by atoms with Crippen LogP contribution >= 0.6 is 0 Å². The maximum atomic E-state index is 12.7. The van der Waals surface area contributed by atoms with E-state index in [1.165, 1.54) is 11.1 Å². The van der Waals surface area contributed by atoms with Gasteiger partial charge in [0.25, 0.3) is 0 Å². The van der Waals surface area contributed by atoms with E-state index >= 15 is 0 Å². The Morgan fingerprint density at radius 2 is 1.63 bits per heavy atom. The number of carbonyl (C=O) groups is 2. The lowest BCUT2D eigenvalue weighted by atomic mass is 10.1. The minimum Gasteiger partial charge on any atom is -0.379 e. The molecule has 1 N–H and O–H groups in total. The van der Waals surface area contributed by atoms with Crippen molar-refractivity contribution >= 4 is 17.5 Å². The number of rotatable bonds is 6. The zero-order chi connectivity index (χ0) is 20.9. The first kappa shape index (κ1) is 20.6. The average molecular weight is 408 g/mol. The van der Waals surface area contributed by atoms with Gasteiger partial charge >= 0.3 is 0 Å². The van der Waals surface area contributed by atoms with E-state index < -0.39 is 0 Å². The van der Waals surface area contributed by atoms with Crippen molar-refractivity contribution in [3.8, 4) is 0 Å². The summed E-state index contributed by atoms with van der Waals surface area (Å²) in [6, 6.07) is 16.1. The van der Waals surface area contributed by atoms with E-state index in [0.717, 1.165) is 44.1 Å². The molecule has 2 fully saturated rings. The van der Waals surface area contributed by atoms with Crippen LogP contribution in [0, 0.1) is 12.8 Å². The maximum Gasteiger partial charge on any atom is 0.229 e. The van der Waals surface area contributed by atoms with Crippen LogP contribution in [-0.4, -0.2) is 54.5 Å². The minimum atomic E-state index is -0.309. The van der Waals surface area contributed by atoms with E-state index in [1.54, 1.807) is 4.90 Å². The molecule has 6 nitrogen and oxygen atoms in total. The largest absolute Gasteiger partial charge is 0.379 e. The van der Waals surface area contributed by atoms with Gasteiger partial charge in [-0.3, -0.25) is 14.5 Å². The van der Waals surface area contributed by atoms with Crippen LogP contribution in [0.25, 0.3) is 0 Å². The Kier molecular flexibility index (Phi) is 6.45. The molecule has 0 aromatic heterocycles. The number of nitrogens with zero attached hydrogens (tertiary/aromatic N) is 2. The Balaban J connectivity index is 1.29. The number of amides is 2. The molecular formula is C24H29N3O3. The summed E-state index contributed by atoms with van der Waals surface area (Å²) < 4.78 is 5.39. The highest BCUT2D eigenvalue weighted by atomic mass is 16.5. The molecule has 1 atom stereocenters. The first-order valence-corrected chi connectivity index (χ1v) is 10.6. The maximum absolute atomic E-state index is 12.7. The Hall–Kier alpha value is -2.70. The van der Waals surface area contributed by atoms with Gasteiger partial charge in [-0.2, -0.15) is 0 Å². The highest BCUT2D eigenvalue weighted by molar-refractivity contribution is 5.97. The number of morpholine rings is 1. The number of hydrogen-bond donors (Lipinski definition) is 1. The van der Waals surface area contributed by atoms with E-state index in [0.29, 0.717) is 13.1 Å². The van der Waals surface area contributed by atoms with Crippen LogP contribution in [0.2, 0.25) is 0 Å². The third-order valence-corrected chi connectivity index (χ3v) is 5.81. The highest BCUT2D eigenvalue weighted by Gasteiger charge is 2.34. The number of benzene rings is 2. The van der Waals surface area contributed by atoms with Crippen LogP contribution in [-0.2, 0) is 27.4 Å². The molecule has 2 aromatic carbocycles. The minimum absolute atomic E-state index is 0.0385. The van der Waals surface area contributed by atoms with Gasteiger partial charge in [0.05, 0.1) is 19.1 Å². The zero-order valence-electron chi connectivity index (χ0n) is 17.5. The van der Waals surface area contributed by atoms with Crippen LogP contribution in [0.1, 0.15) is 23.1 Å². The molecule has 0 spiro atoms. The number of hydrogen-bond acceptors (Lipinski definition) is 4. The molecule has 0 bridgehead atoms. The predicted molar refractivity (Wildman–Crippen MR) is 116 cm³/mol. The molecular weight excluding hydrogens is 378 g/mol. The molecule has 2 aromatic rings. The second kappa shape index (κ2) is 9.41. The first-order chi connectivity index (χ1) is 14.6. The van der Waals surface area contributed by atoms with Crippen LogP contribution < -0.4 is 5.32 Å². The molecule has 2 amide bonds. The van der Waals surface area contributed by atoms with E-state index in [2.05, 4.69) is 22.3 Å². The van der Waals surface area contributed by atoms with Crippen molar-refractivity contribution in [2.75, 3.05) is 38.2 Å². The molecule has 1 unspecified atom stereocenters. The molecule has 0 radical (unpaired) electrons. The Labute approximate surface area is 177 Å². The van der Waals surface area contributed by atoms with Gasteiger partial charge in [-0.25, -0.2) is 0 Å². The zero-order valence-corrected chi connectivity index (χ0v) is 17.5. The van der Waals surface area contributed by atoms with Gasteiger partial charge in [0, 0.05) is 44.8 Å². The van der Waals surface area contributed by atoms with E-state index in [4.69, 9.17) is 4.74 Å². The van der Waals surface area contributed by atoms with Crippen molar-refractivity contribution in [3.05, 3.63) is 65.2 Å². The van der Waals surface area contributed by atoms with Gasteiger partial charge in [0.15, 0.2) is 0 Å². The van der Waals surface area contributed by atoms with E-state index in [1.807, 2.05) is 43.3 Å². The third kappa shape index (κ3) is 5.26. The number of aryl methyl sites for hydroxylation is 1. The molecule has 6 heteroatoms. The molecule has 2 heterocycles. The summed E-state index contributed by atoms with van der Waals surface area (Å²) in [5.74, 6) is -0.358. The van der Waals surface area contributed by atoms with Crippen LogP contribution in [0.3, 0.4) is 0 Å². The van der Waals surface area contributed by atoms with Crippen molar-refractivity contribution < 1.29 is 14.3 Å². The summed E-state index contributed by atoms with van der Waals surface area (Å²) in [7, 11) is 0. The third-order valence-electron chi connectivity index (χ3n) is 5.81. The van der Waals surface area contributed by atoms with Crippen LogP contribution in [0.15, 0.2) is 48.5 Å². The molecule has 4 rings (SSSR count). The quantitative estimate of drug-likeness (QED) is 0.800. The molecule has 0 aliphatic carbocycles. The molecule has 2 aliphatic heterocycles. The van der Waals surface area contributed by atoms with Gasteiger partial charge < -0.3 is 15.0 Å². The van der Waals surface area contributed by atoms with Crippen LogP contribution in [0.5, 0.6) is 0 Å². The van der Waals surface area contributed by atoms with E-state index in [-0.39, 0.29) is 24.2 Å².